The van der Waals surface area contributed by atoms with Crippen molar-refractivity contribution < 1.29 is 43.1 Å². The van der Waals surface area contributed by atoms with E-state index in [0.29, 0.717) is 59.1 Å². The van der Waals surface area contributed by atoms with Gasteiger partial charge in [-0.3, -0.25) is 9.69 Å². The van der Waals surface area contributed by atoms with E-state index in [1.807, 2.05) is 30.3 Å². The lowest BCUT2D eigenvalue weighted by Gasteiger charge is -2.47. The Bertz CT molecular complexity index is 1200. The van der Waals surface area contributed by atoms with Gasteiger partial charge in [0, 0.05) is 44.6 Å². The molecule has 6 saturated heterocycles. The van der Waals surface area contributed by atoms with Crippen molar-refractivity contribution in [2.45, 2.75) is 112 Å². The first-order valence-corrected chi connectivity index (χ1v) is 17.7. The number of rotatable bonds is 9. The molecule has 6 heterocycles. The first kappa shape index (κ1) is 33.2. The van der Waals surface area contributed by atoms with Crippen molar-refractivity contribution in [2.75, 3.05) is 52.8 Å². The third-order valence-corrected chi connectivity index (χ3v) is 11.4. The fourth-order valence-corrected chi connectivity index (χ4v) is 8.62. The van der Waals surface area contributed by atoms with Crippen molar-refractivity contribution in [1.29, 1.82) is 0 Å². The second-order valence-electron chi connectivity index (χ2n) is 14.4. The van der Waals surface area contributed by atoms with Crippen molar-refractivity contribution >= 4 is 12.0 Å². The molecule has 1 aromatic carbocycles. The van der Waals surface area contributed by atoms with Crippen LogP contribution in [0.25, 0.3) is 0 Å². The standard InChI is InChI=1S/C35H51N3O9/c39-29(27(19-24-5-2-1-3-6-24)36-33(41)47-30-23-45-32-26(30)8-15-44-32)21-38(25-7-10-35(46-22-25)12-17-43-18-13-35)28-20-34(37-31(28)40)9-4-14-42-16-11-34/h1-3,5-6,25-30,32,39H,4,7-23H2,(H,36,41)(H,37,40)/t25?,26?,27?,28?,29-,30+,32-,34+/m1/s1. The normalized spacial score (nSPS) is 34.9. The zero-order valence-electron chi connectivity index (χ0n) is 27.3. The summed E-state index contributed by atoms with van der Waals surface area (Å²) in [4.78, 5) is 29.3. The van der Waals surface area contributed by atoms with Crippen LogP contribution in [0.1, 0.15) is 63.4 Å². The molecule has 0 bridgehead atoms. The maximum atomic E-state index is 13.8. The summed E-state index contributed by atoms with van der Waals surface area (Å²) < 4.78 is 35.1. The molecule has 6 aliphatic rings. The molecule has 1 aromatic rings. The van der Waals surface area contributed by atoms with Gasteiger partial charge < -0.3 is 44.2 Å². The summed E-state index contributed by atoms with van der Waals surface area (Å²) in [6, 6.07) is 8.69. The van der Waals surface area contributed by atoms with Gasteiger partial charge in [0.15, 0.2) is 6.29 Å². The van der Waals surface area contributed by atoms with Gasteiger partial charge in [-0.2, -0.15) is 0 Å². The molecular formula is C35H51N3O9. The highest BCUT2D eigenvalue weighted by atomic mass is 16.7. The first-order valence-electron chi connectivity index (χ1n) is 17.7. The quantitative estimate of drug-likeness (QED) is 0.363. The number of aliphatic hydroxyl groups excluding tert-OH is 1. The Morgan fingerprint density at radius 3 is 2.62 bits per heavy atom. The van der Waals surface area contributed by atoms with Crippen LogP contribution in [0.5, 0.6) is 0 Å². The number of hydrogen-bond acceptors (Lipinski definition) is 10. The Hall–Kier alpha value is -2.32. The lowest BCUT2D eigenvalue weighted by Crippen LogP contribution is -2.58. The van der Waals surface area contributed by atoms with Crippen LogP contribution in [0.2, 0.25) is 0 Å². The molecule has 260 valence electrons. The molecule has 3 N–H and O–H groups in total. The van der Waals surface area contributed by atoms with Crippen molar-refractivity contribution in [1.82, 2.24) is 15.5 Å². The predicted octanol–water partition coefficient (Wildman–Crippen LogP) is 2.30. The van der Waals surface area contributed by atoms with Crippen molar-refractivity contribution in [3.05, 3.63) is 35.9 Å². The Labute approximate surface area is 277 Å². The fraction of sp³-hybridized carbons (Fsp3) is 0.771. The van der Waals surface area contributed by atoms with Crippen LogP contribution in [0, 0.1) is 5.92 Å². The van der Waals surface area contributed by atoms with Gasteiger partial charge in [-0.25, -0.2) is 4.79 Å². The number of fused-ring (bicyclic) bond motifs is 1. The third-order valence-electron chi connectivity index (χ3n) is 11.4. The fourth-order valence-electron chi connectivity index (χ4n) is 8.62. The number of amides is 2. The molecule has 0 aliphatic carbocycles. The minimum atomic E-state index is -0.981. The summed E-state index contributed by atoms with van der Waals surface area (Å²) in [5.41, 5.74) is 0.497. The number of nitrogens with zero attached hydrogens (tertiary/aromatic N) is 1. The van der Waals surface area contributed by atoms with Gasteiger partial charge in [0.2, 0.25) is 5.91 Å². The second kappa shape index (κ2) is 14.7. The Balaban J connectivity index is 1.09. The predicted molar refractivity (Wildman–Crippen MR) is 170 cm³/mol. The monoisotopic (exact) mass is 657 g/mol. The number of nitrogens with one attached hydrogen (secondary N) is 2. The molecule has 6 aliphatic heterocycles. The average Bonchev–Trinajstić information content (AvgIpc) is 3.73. The molecule has 0 saturated carbocycles. The molecule has 12 heteroatoms. The van der Waals surface area contributed by atoms with E-state index in [4.69, 9.17) is 28.4 Å². The van der Waals surface area contributed by atoms with Gasteiger partial charge >= 0.3 is 6.09 Å². The number of hydrogen-bond donors (Lipinski definition) is 3. The molecule has 0 radical (unpaired) electrons. The molecule has 7 rings (SSSR count). The number of ether oxygens (including phenoxy) is 6. The summed E-state index contributed by atoms with van der Waals surface area (Å²) in [5, 5.41) is 18.4. The smallest absolute Gasteiger partial charge is 0.407 e. The van der Waals surface area contributed by atoms with Gasteiger partial charge in [0.1, 0.15) is 6.10 Å². The van der Waals surface area contributed by atoms with Gasteiger partial charge in [-0.1, -0.05) is 30.3 Å². The summed E-state index contributed by atoms with van der Waals surface area (Å²) in [6.45, 7) is 4.30. The molecule has 47 heavy (non-hydrogen) atoms. The second-order valence-corrected chi connectivity index (χ2v) is 14.4. The van der Waals surface area contributed by atoms with E-state index < -0.39 is 30.4 Å². The van der Waals surface area contributed by atoms with E-state index in [1.165, 1.54) is 0 Å². The highest BCUT2D eigenvalue weighted by molar-refractivity contribution is 5.85. The number of alkyl carbamates (subject to hydrolysis) is 1. The van der Waals surface area contributed by atoms with E-state index in [1.54, 1.807) is 0 Å². The zero-order valence-corrected chi connectivity index (χ0v) is 27.3. The van der Waals surface area contributed by atoms with Crippen LogP contribution in [0.3, 0.4) is 0 Å². The van der Waals surface area contributed by atoms with Gasteiger partial charge in [-0.05, 0) is 69.8 Å². The van der Waals surface area contributed by atoms with Crippen molar-refractivity contribution in [3.8, 4) is 0 Å². The van der Waals surface area contributed by atoms with Gasteiger partial charge in [0.05, 0.1) is 49.5 Å². The Kier molecular flexibility index (Phi) is 10.3. The molecule has 0 aromatic heterocycles. The maximum Gasteiger partial charge on any atom is 0.407 e. The maximum absolute atomic E-state index is 13.8. The van der Waals surface area contributed by atoms with E-state index in [-0.39, 0.29) is 41.8 Å². The largest absolute Gasteiger partial charge is 0.443 e. The molecule has 12 nitrogen and oxygen atoms in total. The van der Waals surface area contributed by atoms with Gasteiger partial charge in [0.25, 0.3) is 0 Å². The van der Waals surface area contributed by atoms with Crippen molar-refractivity contribution in [2.24, 2.45) is 5.92 Å². The Morgan fingerprint density at radius 2 is 1.81 bits per heavy atom. The lowest BCUT2D eigenvalue weighted by atomic mass is 9.83. The van der Waals surface area contributed by atoms with Crippen LogP contribution in [0.15, 0.2) is 30.3 Å². The SMILES string of the molecule is O=C(NC(Cc1ccccc1)[C@H](O)CN(C1CCC2(CCOCC2)OC1)C1C[C@@]2(CCCOCC2)NC1=O)O[C@H]1CO[C@H]2OCCC21. The Morgan fingerprint density at radius 1 is 1.00 bits per heavy atom. The van der Waals surface area contributed by atoms with E-state index in [0.717, 1.165) is 56.9 Å². The van der Waals surface area contributed by atoms with E-state index in [2.05, 4.69) is 15.5 Å². The van der Waals surface area contributed by atoms with Crippen LogP contribution >= 0.6 is 0 Å². The number of carbonyl (C=O) groups is 2. The van der Waals surface area contributed by atoms with Crippen LogP contribution in [0.4, 0.5) is 4.79 Å². The molecule has 2 amide bonds. The number of carbonyl (C=O) groups excluding carboxylic acids is 2. The summed E-state index contributed by atoms with van der Waals surface area (Å²) in [7, 11) is 0. The molecular weight excluding hydrogens is 606 g/mol. The topological polar surface area (TPSA) is 137 Å². The van der Waals surface area contributed by atoms with Crippen LogP contribution in [-0.2, 0) is 39.6 Å². The van der Waals surface area contributed by atoms with Crippen molar-refractivity contribution in [3.63, 3.8) is 0 Å². The van der Waals surface area contributed by atoms with Crippen LogP contribution in [-0.4, -0.2) is 123 Å². The number of aliphatic hydroxyl groups is 1. The molecule has 6 fully saturated rings. The van der Waals surface area contributed by atoms with Gasteiger partial charge in [-0.15, -0.1) is 0 Å². The van der Waals surface area contributed by atoms with E-state index >= 15 is 0 Å². The highest BCUT2D eigenvalue weighted by Crippen LogP contribution is 2.39. The molecule has 4 unspecified atom stereocenters. The minimum absolute atomic E-state index is 0.00741. The summed E-state index contributed by atoms with van der Waals surface area (Å²) >= 11 is 0. The zero-order chi connectivity index (χ0) is 32.3. The highest BCUT2D eigenvalue weighted by Gasteiger charge is 2.50. The first-order chi connectivity index (χ1) is 22.9. The summed E-state index contributed by atoms with van der Waals surface area (Å²) in [5.74, 6) is 0.00801. The lowest BCUT2D eigenvalue weighted by molar-refractivity contribution is -0.160. The number of benzene rings is 1. The van der Waals surface area contributed by atoms with Crippen LogP contribution < -0.4 is 10.6 Å². The average molecular weight is 658 g/mol. The van der Waals surface area contributed by atoms with E-state index in [9.17, 15) is 14.7 Å². The minimum Gasteiger partial charge on any atom is -0.443 e. The molecule has 8 atom stereocenters. The third kappa shape index (κ3) is 7.64. The molecule has 2 spiro atoms. The summed E-state index contributed by atoms with van der Waals surface area (Å²) in [6.07, 6.45) is 5.59.